The van der Waals surface area contributed by atoms with E-state index in [1.54, 1.807) is 12.4 Å². The minimum atomic E-state index is 0.121. The fourth-order valence-electron chi connectivity index (χ4n) is 1.90. The largest absolute Gasteiger partial charge is 0.494 e. The lowest BCUT2D eigenvalue weighted by Gasteiger charge is -2.17. The highest BCUT2D eigenvalue weighted by molar-refractivity contribution is 7.80. The van der Waals surface area contributed by atoms with Crippen molar-refractivity contribution in [2.24, 2.45) is 0 Å². The van der Waals surface area contributed by atoms with Gasteiger partial charge >= 0.3 is 0 Å². The minimum absolute atomic E-state index is 0.121. The van der Waals surface area contributed by atoms with Gasteiger partial charge in [0, 0.05) is 18.1 Å². The zero-order chi connectivity index (χ0) is 15.1. The third-order valence-corrected chi connectivity index (χ3v) is 3.20. The van der Waals surface area contributed by atoms with E-state index in [9.17, 15) is 0 Å². The molecule has 0 aliphatic heterocycles. The minimum Gasteiger partial charge on any atom is -0.494 e. The van der Waals surface area contributed by atoms with Crippen LogP contribution in [0.2, 0.25) is 0 Å². The van der Waals surface area contributed by atoms with Crippen molar-refractivity contribution in [2.75, 3.05) is 11.9 Å². The van der Waals surface area contributed by atoms with Crippen molar-refractivity contribution < 1.29 is 4.74 Å². The topological polar surface area (TPSA) is 46.2 Å². The number of anilines is 1. The third kappa shape index (κ3) is 4.72. The average Bonchev–Trinajstić information content (AvgIpc) is 2.50. The zero-order valence-electron chi connectivity index (χ0n) is 12.2. The molecule has 1 aromatic heterocycles. The van der Waals surface area contributed by atoms with Crippen LogP contribution in [0.3, 0.4) is 0 Å². The number of nitrogens with zero attached hydrogens (tertiary/aromatic N) is 1. The van der Waals surface area contributed by atoms with Crippen LogP contribution >= 0.6 is 12.2 Å². The molecule has 21 heavy (non-hydrogen) atoms. The van der Waals surface area contributed by atoms with E-state index in [1.807, 2.05) is 43.3 Å². The molecule has 1 atom stereocenters. The summed E-state index contributed by atoms with van der Waals surface area (Å²) < 4.78 is 5.41. The van der Waals surface area contributed by atoms with E-state index in [-0.39, 0.29) is 6.04 Å². The predicted molar refractivity (Wildman–Crippen MR) is 89.6 cm³/mol. The zero-order valence-corrected chi connectivity index (χ0v) is 13.0. The molecule has 2 aromatic rings. The number of thiocarbonyl (C=S) groups is 1. The number of hydrogen-bond acceptors (Lipinski definition) is 3. The lowest BCUT2D eigenvalue weighted by Crippen LogP contribution is -2.30. The second kappa shape index (κ2) is 7.59. The SMILES string of the molecule is CCOc1ccc(NC(=S)NC(C)c2ccncc2)cc1. The average molecular weight is 301 g/mol. The molecule has 0 aliphatic rings. The number of nitrogens with one attached hydrogen (secondary N) is 2. The van der Waals surface area contributed by atoms with Crippen LogP contribution in [0.1, 0.15) is 25.5 Å². The van der Waals surface area contributed by atoms with Crippen LogP contribution in [-0.2, 0) is 0 Å². The van der Waals surface area contributed by atoms with Crippen molar-refractivity contribution in [3.8, 4) is 5.75 Å². The summed E-state index contributed by atoms with van der Waals surface area (Å²) in [5, 5.41) is 6.99. The van der Waals surface area contributed by atoms with E-state index in [2.05, 4.69) is 22.5 Å². The van der Waals surface area contributed by atoms with Crippen molar-refractivity contribution in [3.05, 3.63) is 54.4 Å². The van der Waals surface area contributed by atoms with Crippen LogP contribution < -0.4 is 15.4 Å². The highest BCUT2D eigenvalue weighted by Crippen LogP contribution is 2.16. The molecule has 4 nitrogen and oxygen atoms in total. The normalized spacial score (nSPS) is 11.5. The summed E-state index contributed by atoms with van der Waals surface area (Å²) in [6.45, 7) is 4.68. The fraction of sp³-hybridized carbons (Fsp3) is 0.250. The summed E-state index contributed by atoms with van der Waals surface area (Å²) in [6, 6.07) is 11.8. The van der Waals surface area contributed by atoms with Gasteiger partial charge in [-0.15, -0.1) is 0 Å². The Hall–Kier alpha value is -2.14. The number of aromatic nitrogens is 1. The van der Waals surface area contributed by atoms with Crippen LogP contribution in [0.4, 0.5) is 5.69 Å². The molecule has 0 radical (unpaired) electrons. The van der Waals surface area contributed by atoms with E-state index in [1.165, 1.54) is 0 Å². The monoisotopic (exact) mass is 301 g/mol. The Kier molecular flexibility index (Phi) is 5.51. The van der Waals surface area contributed by atoms with Gasteiger partial charge in [0.2, 0.25) is 0 Å². The van der Waals surface area contributed by atoms with E-state index in [4.69, 9.17) is 17.0 Å². The lowest BCUT2D eigenvalue weighted by molar-refractivity contribution is 0.340. The number of benzene rings is 1. The molecular weight excluding hydrogens is 282 g/mol. The molecule has 0 aliphatic carbocycles. The van der Waals surface area contributed by atoms with Gasteiger partial charge in [-0.3, -0.25) is 4.98 Å². The Labute approximate surface area is 130 Å². The molecule has 2 N–H and O–H groups in total. The van der Waals surface area contributed by atoms with Crippen LogP contribution in [0.5, 0.6) is 5.75 Å². The maximum absolute atomic E-state index is 5.41. The summed E-state index contributed by atoms with van der Waals surface area (Å²) in [5.74, 6) is 0.854. The van der Waals surface area contributed by atoms with Gasteiger partial charge in [0.05, 0.1) is 12.6 Å². The van der Waals surface area contributed by atoms with Gasteiger partial charge in [-0.2, -0.15) is 0 Å². The second-order valence-electron chi connectivity index (χ2n) is 4.56. The second-order valence-corrected chi connectivity index (χ2v) is 4.97. The first-order valence-electron chi connectivity index (χ1n) is 6.89. The number of rotatable bonds is 5. The van der Waals surface area contributed by atoms with Gasteiger partial charge in [0.15, 0.2) is 5.11 Å². The van der Waals surface area contributed by atoms with Crippen LogP contribution in [0.25, 0.3) is 0 Å². The molecule has 5 heteroatoms. The molecule has 0 fully saturated rings. The highest BCUT2D eigenvalue weighted by atomic mass is 32.1. The molecule has 0 spiro atoms. The molecule has 0 saturated heterocycles. The van der Waals surface area contributed by atoms with Gasteiger partial charge in [-0.25, -0.2) is 0 Å². The van der Waals surface area contributed by atoms with Gasteiger partial charge in [0.25, 0.3) is 0 Å². The predicted octanol–water partition coefficient (Wildman–Crippen LogP) is 3.53. The number of ether oxygens (including phenoxy) is 1. The molecule has 110 valence electrons. The van der Waals surface area contributed by atoms with Crippen molar-refractivity contribution in [3.63, 3.8) is 0 Å². The molecule has 1 aromatic carbocycles. The molecule has 0 bridgehead atoms. The summed E-state index contributed by atoms with van der Waals surface area (Å²) in [6.07, 6.45) is 3.55. The molecule has 2 rings (SSSR count). The maximum atomic E-state index is 5.41. The molecule has 1 unspecified atom stereocenters. The Morgan fingerprint density at radius 1 is 1.19 bits per heavy atom. The lowest BCUT2D eigenvalue weighted by atomic mass is 10.1. The van der Waals surface area contributed by atoms with Crippen LogP contribution in [0, 0.1) is 0 Å². The first-order valence-corrected chi connectivity index (χ1v) is 7.30. The first-order chi connectivity index (χ1) is 10.2. The first kappa shape index (κ1) is 15.3. The quantitative estimate of drug-likeness (QED) is 0.827. The van der Waals surface area contributed by atoms with Crippen LogP contribution in [0.15, 0.2) is 48.8 Å². The maximum Gasteiger partial charge on any atom is 0.171 e. The van der Waals surface area contributed by atoms with Crippen molar-refractivity contribution in [1.29, 1.82) is 0 Å². The van der Waals surface area contributed by atoms with Crippen molar-refractivity contribution in [2.45, 2.75) is 19.9 Å². The van der Waals surface area contributed by atoms with Gasteiger partial charge in [0.1, 0.15) is 5.75 Å². The molecule has 0 amide bonds. The highest BCUT2D eigenvalue weighted by Gasteiger charge is 2.06. The smallest absolute Gasteiger partial charge is 0.171 e. The Bertz CT molecular complexity index is 572. The summed E-state index contributed by atoms with van der Waals surface area (Å²) >= 11 is 5.33. The molecule has 0 saturated carbocycles. The van der Waals surface area contributed by atoms with E-state index in [0.717, 1.165) is 17.0 Å². The fourth-order valence-corrected chi connectivity index (χ4v) is 2.20. The van der Waals surface area contributed by atoms with Gasteiger partial charge < -0.3 is 15.4 Å². The standard InChI is InChI=1S/C16H19N3OS/c1-3-20-15-6-4-14(5-7-15)19-16(21)18-12(2)13-8-10-17-11-9-13/h4-12H,3H2,1-2H3,(H2,18,19,21). The van der Waals surface area contributed by atoms with Gasteiger partial charge in [-0.1, -0.05) is 0 Å². The summed E-state index contributed by atoms with van der Waals surface area (Å²) in [7, 11) is 0. The Morgan fingerprint density at radius 3 is 2.48 bits per heavy atom. The van der Waals surface area contributed by atoms with E-state index >= 15 is 0 Å². The summed E-state index contributed by atoms with van der Waals surface area (Å²) in [5.41, 5.74) is 2.07. The van der Waals surface area contributed by atoms with Crippen LogP contribution in [-0.4, -0.2) is 16.7 Å². The van der Waals surface area contributed by atoms with Crippen molar-refractivity contribution >= 4 is 23.0 Å². The number of hydrogen-bond donors (Lipinski definition) is 2. The Balaban J connectivity index is 1.89. The van der Waals surface area contributed by atoms with Crippen molar-refractivity contribution in [1.82, 2.24) is 10.3 Å². The summed E-state index contributed by atoms with van der Waals surface area (Å²) in [4.78, 5) is 4.01. The van der Waals surface area contributed by atoms with Gasteiger partial charge in [-0.05, 0) is 68.0 Å². The number of pyridine rings is 1. The third-order valence-electron chi connectivity index (χ3n) is 2.98. The molecule has 1 heterocycles. The molecular formula is C16H19N3OS. The Morgan fingerprint density at radius 2 is 1.86 bits per heavy atom. The van der Waals surface area contributed by atoms with E-state index < -0.39 is 0 Å². The van der Waals surface area contributed by atoms with E-state index in [0.29, 0.717) is 11.7 Å².